The van der Waals surface area contributed by atoms with Gasteiger partial charge in [0, 0.05) is 64.4 Å². The predicted octanol–water partition coefficient (Wildman–Crippen LogP) is 3.24. The van der Waals surface area contributed by atoms with Crippen molar-refractivity contribution >= 4 is 35.6 Å². The molecule has 1 unspecified atom stereocenters. The Morgan fingerprint density at radius 1 is 1.30 bits per heavy atom. The maximum Gasteiger partial charge on any atom is 0.195 e. The normalized spacial score (nSPS) is 12.2. The first-order valence-corrected chi connectivity index (χ1v) is 8.88. The van der Waals surface area contributed by atoms with Gasteiger partial charge in [-0.25, -0.2) is 0 Å². The molecule has 27 heavy (non-hydrogen) atoms. The van der Waals surface area contributed by atoms with E-state index < -0.39 is 0 Å². The quantitative estimate of drug-likeness (QED) is 0.233. The summed E-state index contributed by atoms with van der Waals surface area (Å²) in [4.78, 5) is 4.28. The van der Waals surface area contributed by atoms with Crippen LogP contribution in [0.15, 0.2) is 47.7 Å². The highest BCUT2D eigenvalue weighted by Gasteiger charge is 2.06. The average Bonchev–Trinajstić information content (AvgIpc) is 3.15. The van der Waals surface area contributed by atoms with Crippen LogP contribution in [0, 0.1) is 5.92 Å². The lowest BCUT2D eigenvalue weighted by Crippen LogP contribution is -2.35. The highest BCUT2D eigenvalue weighted by atomic mass is 127. The van der Waals surface area contributed by atoms with E-state index in [-0.39, 0.29) is 24.0 Å². The first kappa shape index (κ1) is 23.2. The number of benzene rings is 1. The van der Waals surface area contributed by atoms with Crippen molar-refractivity contribution in [2.45, 2.75) is 19.9 Å². The summed E-state index contributed by atoms with van der Waals surface area (Å²) in [6.07, 6.45) is 4.64. The SMILES string of the molecule is CN=C(NCC(C)Cn1cccn1)Nc1cccc(OCCCOC)c1.I. The minimum atomic E-state index is 0. The van der Waals surface area contributed by atoms with Crippen molar-refractivity contribution < 1.29 is 9.47 Å². The molecule has 0 spiro atoms. The molecule has 150 valence electrons. The third-order valence-corrected chi connectivity index (χ3v) is 3.76. The van der Waals surface area contributed by atoms with Crippen LogP contribution in [0.1, 0.15) is 13.3 Å². The Bertz CT molecular complexity index is 664. The average molecular weight is 487 g/mol. The minimum absolute atomic E-state index is 0. The molecule has 7 nitrogen and oxygen atoms in total. The van der Waals surface area contributed by atoms with Crippen molar-refractivity contribution in [1.82, 2.24) is 15.1 Å². The van der Waals surface area contributed by atoms with Crippen molar-refractivity contribution in [2.24, 2.45) is 10.9 Å². The van der Waals surface area contributed by atoms with Crippen molar-refractivity contribution in [3.05, 3.63) is 42.7 Å². The van der Waals surface area contributed by atoms with Crippen LogP contribution >= 0.6 is 24.0 Å². The van der Waals surface area contributed by atoms with Crippen LogP contribution in [0.5, 0.6) is 5.75 Å². The molecule has 0 aliphatic rings. The summed E-state index contributed by atoms with van der Waals surface area (Å²) in [6, 6.07) is 9.79. The highest BCUT2D eigenvalue weighted by Crippen LogP contribution is 2.17. The fraction of sp³-hybridized carbons (Fsp3) is 0.474. The van der Waals surface area contributed by atoms with Gasteiger partial charge >= 0.3 is 0 Å². The van der Waals surface area contributed by atoms with E-state index in [0.717, 1.165) is 36.9 Å². The van der Waals surface area contributed by atoms with Crippen LogP contribution in [0.25, 0.3) is 0 Å². The molecule has 0 saturated heterocycles. The van der Waals surface area contributed by atoms with Crippen LogP contribution in [-0.2, 0) is 11.3 Å². The van der Waals surface area contributed by atoms with Gasteiger partial charge in [0.2, 0.25) is 0 Å². The molecule has 0 amide bonds. The Hall–Kier alpha value is -1.81. The fourth-order valence-electron chi connectivity index (χ4n) is 2.44. The summed E-state index contributed by atoms with van der Waals surface area (Å²) >= 11 is 0. The summed E-state index contributed by atoms with van der Waals surface area (Å²) < 4.78 is 12.7. The molecule has 2 aromatic rings. The number of nitrogens with one attached hydrogen (secondary N) is 2. The first-order chi connectivity index (χ1) is 12.7. The van der Waals surface area contributed by atoms with E-state index in [9.17, 15) is 0 Å². The van der Waals surface area contributed by atoms with E-state index in [2.05, 4.69) is 27.6 Å². The minimum Gasteiger partial charge on any atom is -0.493 e. The van der Waals surface area contributed by atoms with Crippen LogP contribution in [-0.4, -0.2) is 49.7 Å². The Morgan fingerprint density at radius 3 is 2.85 bits per heavy atom. The number of halogens is 1. The number of ether oxygens (including phenoxy) is 2. The molecular formula is C19H30IN5O2. The van der Waals surface area contributed by atoms with Gasteiger partial charge in [0.05, 0.1) is 6.61 Å². The number of aromatic nitrogens is 2. The zero-order valence-corrected chi connectivity index (χ0v) is 18.6. The highest BCUT2D eigenvalue weighted by molar-refractivity contribution is 14.0. The van der Waals surface area contributed by atoms with Crippen molar-refractivity contribution in [1.29, 1.82) is 0 Å². The number of anilines is 1. The zero-order valence-electron chi connectivity index (χ0n) is 16.2. The Labute approximate surface area is 178 Å². The second-order valence-electron chi connectivity index (χ2n) is 6.13. The molecular weight excluding hydrogens is 457 g/mol. The number of guanidine groups is 1. The molecule has 1 heterocycles. The predicted molar refractivity (Wildman–Crippen MR) is 120 cm³/mol. The summed E-state index contributed by atoms with van der Waals surface area (Å²) in [7, 11) is 3.46. The molecule has 0 aliphatic carbocycles. The van der Waals surface area contributed by atoms with Gasteiger partial charge in [-0.05, 0) is 24.1 Å². The summed E-state index contributed by atoms with van der Waals surface area (Å²) in [5, 5.41) is 10.9. The standard InChI is InChI=1S/C19H29N5O2.HI/c1-16(15-24-10-5-9-22-24)14-21-19(20-2)23-17-7-4-8-18(13-17)26-12-6-11-25-3;/h4-5,7-10,13,16H,6,11-12,14-15H2,1-3H3,(H2,20,21,23);1H. The molecule has 0 radical (unpaired) electrons. The monoisotopic (exact) mass is 487 g/mol. The van der Waals surface area contributed by atoms with Crippen LogP contribution in [0.2, 0.25) is 0 Å². The maximum atomic E-state index is 5.73. The Kier molecular flexibility index (Phi) is 11.5. The third kappa shape index (κ3) is 9.09. The largest absolute Gasteiger partial charge is 0.493 e. The fourth-order valence-corrected chi connectivity index (χ4v) is 2.44. The van der Waals surface area contributed by atoms with E-state index in [4.69, 9.17) is 9.47 Å². The molecule has 2 rings (SSSR count). The Balaban J connectivity index is 0.00000364. The Morgan fingerprint density at radius 2 is 2.15 bits per heavy atom. The number of aliphatic imine (C=N–C) groups is 1. The number of rotatable bonds is 10. The van der Waals surface area contributed by atoms with Crippen molar-refractivity contribution in [3.63, 3.8) is 0 Å². The van der Waals surface area contributed by atoms with Crippen molar-refractivity contribution in [2.75, 3.05) is 39.2 Å². The van der Waals surface area contributed by atoms with Gasteiger partial charge in [-0.15, -0.1) is 24.0 Å². The summed E-state index contributed by atoms with van der Waals surface area (Å²) in [6.45, 7) is 5.17. The third-order valence-electron chi connectivity index (χ3n) is 3.76. The number of nitrogens with zero attached hydrogens (tertiary/aromatic N) is 3. The molecule has 0 bridgehead atoms. The van der Waals surface area contributed by atoms with E-state index >= 15 is 0 Å². The molecule has 2 N–H and O–H groups in total. The number of hydrogen-bond donors (Lipinski definition) is 2. The van der Waals surface area contributed by atoms with E-state index in [1.165, 1.54) is 0 Å². The van der Waals surface area contributed by atoms with Crippen molar-refractivity contribution in [3.8, 4) is 5.75 Å². The van der Waals surface area contributed by atoms with Gasteiger partial charge in [0.25, 0.3) is 0 Å². The zero-order chi connectivity index (χ0) is 18.6. The van der Waals surface area contributed by atoms with Crippen LogP contribution in [0.4, 0.5) is 5.69 Å². The molecule has 0 aliphatic heterocycles. The summed E-state index contributed by atoms with van der Waals surface area (Å²) in [5.74, 6) is 1.98. The van der Waals surface area contributed by atoms with E-state index in [0.29, 0.717) is 19.1 Å². The molecule has 8 heteroatoms. The van der Waals surface area contributed by atoms with Crippen LogP contribution < -0.4 is 15.4 Å². The number of methoxy groups -OCH3 is 1. The lowest BCUT2D eigenvalue weighted by molar-refractivity contribution is 0.172. The molecule has 1 atom stereocenters. The van der Waals surface area contributed by atoms with Gasteiger partial charge in [-0.3, -0.25) is 9.67 Å². The second-order valence-corrected chi connectivity index (χ2v) is 6.13. The van der Waals surface area contributed by atoms with Crippen LogP contribution in [0.3, 0.4) is 0 Å². The second kappa shape index (κ2) is 13.4. The first-order valence-electron chi connectivity index (χ1n) is 8.88. The van der Waals surface area contributed by atoms with Gasteiger partial charge in [-0.2, -0.15) is 5.10 Å². The molecule has 0 saturated carbocycles. The smallest absolute Gasteiger partial charge is 0.195 e. The summed E-state index contributed by atoms with van der Waals surface area (Å²) in [5.41, 5.74) is 0.932. The van der Waals surface area contributed by atoms with Gasteiger partial charge in [-0.1, -0.05) is 13.0 Å². The van der Waals surface area contributed by atoms with E-state index in [1.807, 2.05) is 41.2 Å². The lowest BCUT2D eigenvalue weighted by Gasteiger charge is -2.16. The number of hydrogen-bond acceptors (Lipinski definition) is 4. The molecule has 1 aromatic carbocycles. The maximum absolute atomic E-state index is 5.73. The van der Waals surface area contributed by atoms with Gasteiger partial charge in [0.15, 0.2) is 5.96 Å². The lowest BCUT2D eigenvalue weighted by atomic mass is 10.2. The molecule has 1 aromatic heterocycles. The van der Waals surface area contributed by atoms with Gasteiger partial charge in [0.1, 0.15) is 5.75 Å². The molecule has 0 fully saturated rings. The van der Waals surface area contributed by atoms with E-state index in [1.54, 1.807) is 20.4 Å². The van der Waals surface area contributed by atoms with Gasteiger partial charge < -0.3 is 20.1 Å². The topological polar surface area (TPSA) is 72.7 Å².